The molecule has 0 aromatic carbocycles. The van der Waals surface area contributed by atoms with Crippen LogP contribution in [0.1, 0.15) is 13.3 Å². The largest absolute Gasteiger partial charge is 0.393 e. The fraction of sp³-hybridized carbons (Fsp3) is 0.900. The van der Waals surface area contributed by atoms with Crippen LogP contribution < -0.4 is 5.73 Å². The minimum atomic E-state index is 0.369. The molecule has 0 aromatic heterocycles. The lowest BCUT2D eigenvalue weighted by atomic mass is 10.2. The second kappa shape index (κ2) is 9.03. The average Bonchev–Trinajstić information content (AvgIpc) is 2.16. The van der Waals surface area contributed by atoms with Crippen LogP contribution in [0.2, 0.25) is 0 Å². The summed E-state index contributed by atoms with van der Waals surface area (Å²) in [6.07, 6.45) is 0.754. The van der Waals surface area contributed by atoms with Crippen LogP contribution in [0.4, 0.5) is 0 Å². The Bertz CT molecular complexity index is 179. The van der Waals surface area contributed by atoms with Gasteiger partial charge in [-0.15, -0.1) is 0 Å². The highest BCUT2D eigenvalue weighted by Crippen LogP contribution is 2.00. The second-order valence-electron chi connectivity index (χ2n) is 3.61. The van der Waals surface area contributed by atoms with E-state index in [1.54, 1.807) is 7.11 Å². The van der Waals surface area contributed by atoms with Crippen LogP contribution in [-0.4, -0.2) is 56.5 Å². The first-order valence-electron chi connectivity index (χ1n) is 5.13. The monoisotopic (exact) mass is 234 g/mol. The molecule has 0 amide bonds. The van der Waals surface area contributed by atoms with Crippen molar-refractivity contribution in [3.8, 4) is 0 Å². The number of ether oxygens (including phenoxy) is 2. The highest BCUT2D eigenvalue weighted by Gasteiger charge is 2.09. The summed E-state index contributed by atoms with van der Waals surface area (Å²) in [5.74, 6) is 0. The predicted molar refractivity (Wildman–Crippen MR) is 66.2 cm³/mol. The molecular weight excluding hydrogens is 212 g/mol. The minimum absolute atomic E-state index is 0.369. The van der Waals surface area contributed by atoms with Crippen molar-refractivity contribution in [1.82, 2.24) is 4.90 Å². The Kier molecular flexibility index (Phi) is 8.89. The third kappa shape index (κ3) is 8.74. The van der Waals surface area contributed by atoms with Gasteiger partial charge in [-0.2, -0.15) is 0 Å². The molecule has 5 heteroatoms. The van der Waals surface area contributed by atoms with Gasteiger partial charge in [-0.1, -0.05) is 12.2 Å². The Morgan fingerprint density at radius 1 is 1.40 bits per heavy atom. The zero-order valence-electron chi connectivity index (χ0n) is 9.86. The van der Waals surface area contributed by atoms with E-state index in [9.17, 15) is 0 Å². The van der Waals surface area contributed by atoms with Gasteiger partial charge >= 0.3 is 0 Å². The van der Waals surface area contributed by atoms with Crippen molar-refractivity contribution < 1.29 is 9.47 Å². The van der Waals surface area contributed by atoms with Crippen LogP contribution in [0.25, 0.3) is 0 Å². The number of nitrogens with zero attached hydrogens (tertiary/aromatic N) is 1. The van der Waals surface area contributed by atoms with E-state index < -0.39 is 0 Å². The normalized spacial score (nSPS) is 13.1. The molecule has 2 N–H and O–H groups in total. The van der Waals surface area contributed by atoms with Gasteiger partial charge in [0.2, 0.25) is 0 Å². The zero-order chi connectivity index (χ0) is 11.7. The van der Waals surface area contributed by atoms with Gasteiger partial charge in [0.05, 0.1) is 24.8 Å². The number of nitrogens with two attached hydrogens (primary N) is 1. The average molecular weight is 234 g/mol. The van der Waals surface area contributed by atoms with E-state index in [4.69, 9.17) is 27.4 Å². The molecular formula is C10H22N2O2S. The lowest BCUT2D eigenvalue weighted by Gasteiger charge is -2.23. The molecule has 0 fully saturated rings. The van der Waals surface area contributed by atoms with Gasteiger partial charge in [0.15, 0.2) is 0 Å². The molecule has 0 radical (unpaired) electrons. The van der Waals surface area contributed by atoms with Gasteiger partial charge in [-0.25, -0.2) is 0 Å². The number of thiocarbonyl (C=S) groups is 1. The number of hydrogen-bond donors (Lipinski definition) is 1. The van der Waals surface area contributed by atoms with Gasteiger partial charge in [0.1, 0.15) is 0 Å². The van der Waals surface area contributed by atoms with Gasteiger partial charge in [0.25, 0.3) is 0 Å². The standard InChI is InChI=1S/C10H22N2O2S/c1-9(8-10(11)15)12(2)4-5-14-7-6-13-3/h9H,4-8H2,1-3H3,(H2,11,15). The van der Waals surface area contributed by atoms with Crippen molar-refractivity contribution in [1.29, 1.82) is 0 Å². The summed E-state index contributed by atoms with van der Waals surface area (Å²) in [5.41, 5.74) is 5.48. The minimum Gasteiger partial charge on any atom is -0.393 e. The van der Waals surface area contributed by atoms with Gasteiger partial charge in [-0.05, 0) is 14.0 Å². The van der Waals surface area contributed by atoms with Gasteiger partial charge in [0, 0.05) is 26.1 Å². The maximum atomic E-state index is 5.48. The fourth-order valence-corrected chi connectivity index (χ4v) is 1.36. The fourth-order valence-electron chi connectivity index (χ4n) is 1.12. The van der Waals surface area contributed by atoms with Crippen LogP contribution in [0.15, 0.2) is 0 Å². The smallest absolute Gasteiger partial charge is 0.0742 e. The van der Waals surface area contributed by atoms with E-state index in [0.29, 0.717) is 30.9 Å². The van der Waals surface area contributed by atoms with E-state index >= 15 is 0 Å². The molecule has 90 valence electrons. The van der Waals surface area contributed by atoms with E-state index in [1.165, 1.54) is 0 Å². The Morgan fingerprint density at radius 2 is 2.07 bits per heavy atom. The van der Waals surface area contributed by atoms with Crippen LogP contribution in [0, 0.1) is 0 Å². The first-order chi connectivity index (χ1) is 7.07. The molecule has 0 heterocycles. The second-order valence-corrected chi connectivity index (χ2v) is 4.13. The van der Waals surface area contributed by atoms with Crippen LogP contribution in [-0.2, 0) is 9.47 Å². The maximum Gasteiger partial charge on any atom is 0.0742 e. The lowest BCUT2D eigenvalue weighted by molar-refractivity contribution is 0.0564. The summed E-state index contributed by atoms with van der Waals surface area (Å²) in [4.78, 5) is 2.75. The highest BCUT2D eigenvalue weighted by atomic mass is 32.1. The topological polar surface area (TPSA) is 47.7 Å². The van der Waals surface area contributed by atoms with E-state index in [2.05, 4.69) is 11.8 Å². The molecule has 0 aliphatic heterocycles. The highest BCUT2D eigenvalue weighted by molar-refractivity contribution is 7.80. The van der Waals surface area contributed by atoms with Crippen LogP contribution in [0.5, 0.6) is 0 Å². The van der Waals surface area contributed by atoms with E-state index in [0.717, 1.165) is 13.0 Å². The Hall–Kier alpha value is -0.230. The first-order valence-corrected chi connectivity index (χ1v) is 5.54. The number of likely N-dealkylation sites (N-methyl/N-ethyl adjacent to an activating group) is 1. The van der Waals surface area contributed by atoms with Crippen molar-refractivity contribution in [2.45, 2.75) is 19.4 Å². The molecule has 0 aliphatic carbocycles. The molecule has 0 spiro atoms. The van der Waals surface area contributed by atoms with Gasteiger partial charge in [-0.3, -0.25) is 0 Å². The van der Waals surface area contributed by atoms with Crippen molar-refractivity contribution in [3.63, 3.8) is 0 Å². The predicted octanol–water partition coefficient (Wildman–Crippen LogP) is 0.646. The van der Waals surface area contributed by atoms with Crippen molar-refractivity contribution >= 4 is 17.2 Å². The molecule has 0 saturated carbocycles. The molecule has 0 aliphatic rings. The van der Waals surface area contributed by atoms with Crippen LogP contribution >= 0.6 is 12.2 Å². The number of hydrogen-bond acceptors (Lipinski definition) is 4. The number of rotatable bonds is 9. The lowest BCUT2D eigenvalue weighted by Crippen LogP contribution is -2.35. The quantitative estimate of drug-likeness (QED) is 0.469. The third-order valence-corrected chi connectivity index (χ3v) is 2.44. The van der Waals surface area contributed by atoms with E-state index in [-0.39, 0.29) is 0 Å². The summed E-state index contributed by atoms with van der Waals surface area (Å²) >= 11 is 4.86. The van der Waals surface area contributed by atoms with Gasteiger partial charge < -0.3 is 20.1 Å². The first kappa shape index (κ1) is 14.8. The third-order valence-electron chi connectivity index (χ3n) is 2.27. The molecule has 0 saturated heterocycles. The molecule has 1 atom stereocenters. The zero-order valence-corrected chi connectivity index (χ0v) is 10.7. The maximum absolute atomic E-state index is 5.48. The van der Waals surface area contributed by atoms with E-state index in [1.807, 2.05) is 7.05 Å². The van der Waals surface area contributed by atoms with Crippen molar-refractivity contribution in [2.75, 3.05) is 40.5 Å². The Balaban J connectivity index is 3.46. The summed E-state index contributed by atoms with van der Waals surface area (Å²) < 4.78 is 10.2. The summed E-state index contributed by atoms with van der Waals surface area (Å²) in [5, 5.41) is 0. The van der Waals surface area contributed by atoms with Crippen molar-refractivity contribution in [2.24, 2.45) is 5.73 Å². The summed E-state index contributed by atoms with van der Waals surface area (Å²) in [7, 11) is 3.71. The summed E-state index contributed by atoms with van der Waals surface area (Å²) in [6.45, 7) is 4.99. The van der Waals surface area contributed by atoms with Crippen molar-refractivity contribution in [3.05, 3.63) is 0 Å². The summed E-state index contributed by atoms with van der Waals surface area (Å²) in [6, 6.07) is 0.369. The molecule has 1 unspecified atom stereocenters. The molecule has 4 nitrogen and oxygen atoms in total. The number of methoxy groups -OCH3 is 1. The SMILES string of the molecule is COCCOCCN(C)C(C)CC(N)=S. The molecule has 0 rings (SSSR count). The Labute approximate surface area is 97.7 Å². The van der Waals surface area contributed by atoms with Crippen LogP contribution in [0.3, 0.4) is 0 Å². The molecule has 0 bridgehead atoms. The molecule has 0 aromatic rings. The molecule has 15 heavy (non-hydrogen) atoms. The Morgan fingerprint density at radius 3 is 2.60 bits per heavy atom.